The van der Waals surface area contributed by atoms with Crippen molar-refractivity contribution in [1.82, 2.24) is 9.97 Å². The van der Waals surface area contributed by atoms with E-state index in [1.807, 2.05) is 0 Å². The van der Waals surface area contributed by atoms with Gasteiger partial charge in [-0.15, -0.1) is 22.7 Å². The number of fused-ring (bicyclic) bond motifs is 1. The summed E-state index contributed by atoms with van der Waals surface area (Å²) < 4.78 is 4.92. The number of anilines is 2. The van der Waals surface area contributed by atoms with Gasteiger partial charge in [0.25, 0.3) is 5.91 Å². The van der Waals surface area contributed by atoms with Crippen molar-refractivity contribution in [3.05, 3.63) is 56.5 Å². The van der Waals surface area contributed by atoms with Crippen molar-refractivity contribution in [3.63, 3.8) is 0 Å². The third kappa shape index (κ3) is 5.14. The van der Waals surface area contributed by atoms with Gasteiger partial charge in [-0.1, -0.05) is 11.6 Å². The summed E-state index contributed by atoms with van der Waals surface area (Å²) in [5.41, 5.74) is 1.71. The van der Waals surface area contributed by atoms with E-state index in [1.54, 1.807) is 36.6 Å². The Morgan fingerprint density at radius 3 is 2.69 bits per heavy atom. The van der Waals surface area contributed by atoms with E-state index in [0.29, 0.717) is 51.7 Å². The lowest BCUT2D eigenvalue weighted by Crippen LogP contribution is -2.20. The van der Waals surface area contributed by atoms with Gasteiger partial charge in [0.15, 0.2) is 10.3 Å². The minimum Gasteiger partial charge on any atom is -0.466 e. The fraction of sp³-hybridized carbons (Fsp3) is 0.286. The zero-order valence-electron chi connectivity index (χ0n) is 17.0. The highest BCUT2D eigenvalue weighted by atomic mass is 35.5. The number of nitrogens with one attached hydrogen (secondary N) is 2. The van der Waals surface area contributed by atoms with Crippen LogP contribution in [0.15, 0.2) is 29.6 Å². The lowest BCUT2D eigenvalue weighted by molar-refractivity contribution is -0.142. The first-order chi connectivity index (χ1) is 15.4. The second-order valence-corrected chi connectivity index (χ2v) is 9.37. The lowest BCUT2D eigenvalue weighted by Gasteiger charge is -2.08. The van der Waals surface area contributed by atoms with E-state index in [-0.39, 0.29) is 24.2 Å². The topological polar surface area (TPSA) is 110 Å². The number of carbonyl (C=O) groups excluding carboxylic acids is 3. The van der Waals surface area contributed by atoms with Gasteiger partial charge >= 0.3 is 5.97 Å². The third-order valence-electron chi connectivity index (χ3n) is 4.77. The molecule has 0 saturated carbocycles. The van der Waals surface area contributed by atoms with E-state index < -0.39 is 5.92 Å². The molecule has 1 unspecified atom stereocenters. The first-order valence-electron chi connectivity index (χ1n) is 9.90. The summed E-state index contributed by atoms with van der Waals surface area (Å²) in [7, 11) is 0. The number of thiazole rings is 2. The molecule has 0 fully saturated rings. The van der Waals surface area contributed by atoms with Crippen LogP contribution in [0.5, 0.6) is 0 Å². The molecule has 0 bridgehead atoms. The molecule has 0 saturated heterocycles. The average Bonchev–Trinajstić information content (AvgIpc) is 3.44. The summed E-state index contributed by atoms with van der Waals surface area (Å²) in [6.07, 6.45) is 1.43. The van der Waals surface area contributed by atoms with Crippen LogP contribution >= 0.6 is 34.3 Å². The van der Waals surface area contributed by atoms with Crippen LogP contribution in [0.2, 0.25) is 5.02 Å². The summed E-state index contributed by atoms with van der Waals surface area (Å²) in [6, 6.07) is 6.57. The Morgan fingerprint density at radius 1 is 1.16 bits per heavy atom. The fourth-order valence-corrected chi connectivity index (χ4v) is 5.18. The number of hydrogen-bond acceptors (Lipinski definition) is 8. The lowest BCUT2D eigenvalue weighted by atomic mass is 10.1. The smallest absolute Gasteiger partial charge is 0.311 e. The van der Waals surface area contributed by atoms with Gasteiger partial charge < -0.3 is 10.1 Å². The second-order valence-electron chi connectivity index (χ2n) is 6.99. The molecule has 2 amide bonds. The Morgan fingerprint density at radius 2 is 1.94 bits per heavy atom. The molecule has 32 heavy (non-hydrogen) atoms. The van der Waals surface area contributed by atoms with Gasteiger partial charge in [-0.25, -0.2) is 9.97 Å². The Balaban J connectivity index is 1.39. The maximum absolute atomic E-state index is 12.8. The predicted octanol–water partition coefficient (Wildman–Crippen LogP) is 4.28. The quantitative estimate of drug-likeness (QED) is 0.478. The van der Waals surface area contributed by atoms with Gasteiger partial charge in [0, 0.05) is 20.8 Å². The molecule has 1 aliphatic carbocycles. The van der Waals surface area contributed by atoms with Crippen LogP contribution in [-0.2, 0) is 27.2 Å². The van der Waals surface area contributed by atoms with Crippen LogP contribution in [0.4, 0.5) is 10.3 Å². The number of aromatic nitrogens is 2. The molecule has 1 aliphatic rings. The minimum absolute atomic E-state index is 0.0660. The summed E-state index contributed by atoms with van der Waals surface area (Å²) in [5.74, 6) is -1.26. The molecule has 1 aromatic carbocycles. The van der Waals surface area contributed by atoms with Crippen molar-refractivity contribution in [2.45, 2.75) is 32.1 Å². The number of halogens is 1. The van der Waals surface area contributed by atoms with E-state index in [1.165, 1.54) is 22.7 Å². The highest BCUT2D eigenvalue weighted by molar-refractivity contribution is 7.16. The molecule has 2 N–H and O–H groups in total. The van der Waals surface area contributed by atoms with Crippen LogP contribution < -0.4 is 10.6 Å². The molecule has 3 aromatic rings. The number of nitrogens with zero attached hydrogens (tertiary/aromatic N) is 2. The molecule has 1 atom stereocenters. The fourth-order valence-electron chi connectivity index (χ4n) is 3.30. The normalized spacial score (nSPS) is 14.6. The Labute approximate surface area is 197 Å². The van der Waals surface area contributed by atoms with Gasteiger partial charge in [-0.2, -0.15) is 0 Å². The molecule has 2 heterocycles. The van der Waals surface area contributed by atoms with Crippen molar-refractivity contribution < 1.29 is 19.1 Å². The molecule has 11 heteroatoms. The van der Waals surface area contributed by atoms with Crippen molar-refractivity contribution in [2.75, 3.05) is 17.2 Å². The second kappa shape index (κ2) is 9.76. The van der Waals surface area contributed by atoms with E-state index in [9.17, 15) is 14.4 Å². The molecular weight excluding hydrogens is 472 g/mol. The number of rotatable bonds is 7. The molecule has 8 nitrogen and oxygen atoms in total. The highest BCUT2D eigenvalue weighted by Crippen LogP contribution is 2.39. The highest BCUT2D eigenvalue weighted by Gasteiger charge is 2.33. The van der Waals surface area contributed by atoms with Crippen LogP contribution in [0.1, 0.15) is 45.9 Å². The summed E-state index contributed by atoms with van der Waals surface area (Å²) in [5, 5.41) is 8.76. The predicted molar refractivity (Wildman–Crippen MR) is 124 cm³/mol. The van der Waals surface area contributed by atoms with Crippen LogP contribution in [0, 0.1) is 0 Å². The first kappa shape index (κ1) is 22.4. The summed E-state index contributed by atoms with van der Waals surface area (Å²) in [4.78, 5) is 46.6. The number of amides is 2. The molecule has 0 aliphatic heterocycles. The largest absolute Gasteiger partial charge is 0.466 e. The van der Waals surface area contributed by atoms with Gasteiger partial charge in [-0.3, -0.25) is 19.7 Å². The van der Waals surface area contributed by atoms with Crippen molar-refractivity contribution in [1.29, 1.82) is 0 Å². The van der Waals surface area contributed by atoms with Crippen LogP contribution in [-0.4, -0.2) is 34.4 Å². The van der Waals surface area contributed by atoms with E-state index in [2.05, 4.69) is 20.6 Å². The van der Waals surface area contributed by atoms with Crippen LogP contribution in [0.3, 0.4) is 0 Å². The number of carbonyl (C=O) groups is 3. The molecule has 4 rings (SSSR count). The van der Waals surface area contributed by atoms with Crippen molar-refractivity contribution in [3.8, 4) is 0 Å². The summed E-state index contributed by atoms with van der Waals surface area (Å²) in [6.45, 7) is 2.06. The molecular formula is C21H19ClN4O4S2. The first-order valence-corrected chi connectivity index (χ1v) is 12.0. The van der Waals surface area contributed by atoms with Gasteiger partial charge in [0.1, 0.15) is 0 Å². The maximum atomic E-state index is 12.8. The number of ether oxygens (including phenoxy) is 1. The maximum Gasteiger partial charge on any atom is 0.311 e. The molecule has 166 valence electrons. The van der Waals surface area contributed by atoms with E-state index in [0.717, 1.165) is 4.88 Å². The zero-order chi connectivity index (χ0) is 22.7. The van der Waals surface area contributed by atoms with Crippen LogP contribution in [0.25, 0.3) is 0 Å². The standard InChI is InChI=1S/C21H19ClN4O4S2/c1-2-30-16(27)9-13-10-31-20(23-13)26-19(29)14-7-8-15-17(14)24-21(32-15)25-18(28)11-3-5-12(22)6-4-11/h3-6,10,14H,2,7-9H2,1H3,(H,23,26,29)(H,24,25,28). The average molecular weight is 491 g/mol. The zero-order valence-corrected chi connectivity index (χ0v) is 19.4. The molecule has 0 spiro atoms. The Kier molecular flexibility index (Phi) is 6.83. The number of aryl methyl sites for hydroxylation is 1. The SMILES string of the molecule is CCOC(=O)Cc1csc(NC(=O)C2CCc3sc(NC(=O)c4ccc(Cl)cc4)nc32)n1. The molecule has 0 radical (unpaired) electrons. The number of hydrogen-bond donors (Lipinski definition) is 2. The summed E-state index contributed by atoms with van der Waals surface area (Å²) >= 11 is 8.50. The number of esters is 1. The van der Waals surface area contributed by atoms with Crippen molar-refractivity contribution in [2.24, 2.45) is 0 Å². The third-order valence-corrected chi connectivity index (χ3v) is 6.88. The van der Waals surface area contributed by atoms with Gasteiger partial charge in [0.2, 0.25) is 5.91 Å². The number of benzene rings is 1. The Bertz CT molecular complexity index is 1160. The Hall–Kier alpha value is -2.82. The monoisotopic (exact) mass is 490 g/mol. The van der Waals surface area contributed by atoms with Gasteiger partial charge in [-0.05, 0) is 44.0 Å². The van der Waals surface area contributed by atoms with E-state index in [4.69, 9.17) is 16.3 Å². The minimum atomic E-state index is -0.417. The molecule has 2 aromatic heterocycles. The van der Waals surface area contributed by atoms with Gasteiger partial charge in [0.05, 0.1) is 30.3 Å². The van der Waals surface area contributed by atoms with Crippen molar-refractivity contribution >= 4 is 62.3 Å². The van der Waals surface area contributed by atoms with E-state index >= 15 is 0 Å².